The van der Waals surface area contributed by atoms with Gasteiger partial charge in [0, 0.05) is 11.6 Å². The highest BCUT2D eigenvalue weighted by atomic mass is 35.5. The molecule has 0 bridgehead atoms. The van der Waals surface area contributed by atoms with Gasteiger partial charge in [0.15, 0.2) is 6.10 Å². The summed E-state index contributed by atoms with van der Waals surface area (Å²) < 4.78 is 38.0. The summed E-state index contributed by atoms with van der Waals surface area (Å²) in [6.45, 7) is 0.695. The fourth-order valence-corrected chi connectivity index (χ4v) is 0.339. The van der Waals surface area contributed by atoms with Crippen LogP contribution in [-0.4, -0.2) is 17.7 Å². The van der Waals surface area contributed by atoms with Gasteiger partial charge in [0.1, 0.15) is 0 Å². The predicted molar refractivity (Wildman–Crippen MR) is 27.9 cm³/mol. The Hall–Kier alpha value is -0.450. The molecule has 2 nitrogen and oxygen atoms in total. The van der Waals surface area contributed by atoms with E-state index in [1.165, 1.54) is 0 Å². The Labute approximate surface area is 59.9 Å². The number of halogens is 4. The van der Waals surface area contributed by atoms with E-state index in [0.717, 1.165) is 0 Å². The van der Waals surface area contributed by atoms with E-state index in [9.17, 15) is 18.0 Å². The van der Waals surface area contributed by atoms with Crippen LogP contribution in [0.15, 0.2) is 0 Å². The highest BCUT2D eigenvalue weighted by Gasteiger charge is 2.38. The highest BCUT2D eigenvalue weighted by Crippen LogP contribution is 2.22. The zero-order valence-corrected chi connectivity index (χ0v) is 5.66. The number of carbonyl (C=O) groups excluding carboxylic acids is 1. The van der Waals surface area contributed by atoms with Crippen LogP contribution in [0, 0.1) is 0 Å². The Morgan fingerprint density at radius 3 is 2.10 bits per heavy atom. The van der Waals surface area contributed by atoms with Crippen LogP contribution in [0.4, 0.5) is 18.0 Å². The lowest BCUT2D eigenvalue weighted by Crippen LogP contribution is -2.29. The van der Waals surface area contributed by atoms with Gasteiger partial charge in [-0.3, -0.25) is 0 Å². The van der Waals surface area contributed by atoms with Gasteiger partial charge in [-0.25, -0.2) is 4.79 Å². The predicted octanol–water partition coefficient (Wildman–Crippen LogP) is 2.31. The molecule has 0 aliphatic heterocycles. The lowest BCUT2D eigenvalue weighted by molar-refractivity contribution is -0.195. The van der Waals surface area contributed by atoms with Crippen molar-refractivity contribution in [2.75, 3.05) is 0 Å². The van der Waals surface area contributed by atoms with Gasteiger partial charge in [0.05, 0.1) is 0 Å². The third-order valence-corrected chi connectivity index (χ3v) is 0.819. The van der Waals surface area contributed by atoms with Gasteiger partial charge in [0.2, 0.25) is 0 Å². The maximum Gasteiger partial charge on any atom is 0.425 e. The van der Waals surface area contributed by atoms with Crippen LogP contribution >= 0.6 is 11.6 Å². The van der Waals surface area contributed by atoms with Crippen molar-refractivity contribution < 1.29 is 22.7 Å². The molecule has 0 radical (unpaired) electrons. The first kappa shape index (κ1) is 9.55. The van der Waals surface area contributed by atoms with Gasteiger partial charge in [-0.05, 0) is 6.92 Å². The summed E-state index contributed by atoms with van der Waals surface area (Å²) in [5.41, 5.74) is -1.45. The zero-order valence-electron chi connectivity index (χ0n) is 4.91. The Balaban J connectivity index is 3.85. The van der Waals surface area contributed by atoms with Crippen LogP contribution in [0.25, 0.3) is 0 Å². The molecule has 0 unspecified atom stereocenters. The van der Waals surface area contributed by atoms with Gasteiger partial charge >= 0.3 is 11.6 Å². The van der Waals surface area contributed by atoms with Gasteiger partial charge < -0.3 is 4.74 Å². The number of ether oxygens (including phenoxy) is 1. The largest absolute Gasteiger partial charge is 0.441 e. The van der Waals surface area contributed by atoms with Gasteiger partial charge in [-0.15, -0.1) is 0 Å². The van der Waals surface area contributed by atoms with E-state index in [-0.39, 0.29) is 0 Å². The molecule has 6 heteroatoms. The number of hydrogen-bond acceptors (Lipinski definition) is 2. The molecular weight excluding hydrogens is 172 g/mol. The fraction of sp³-hybridized carbons (Fsp3) is 0.750. The number of rotatable bonds is 1. The first-order chi connectivity index (χ1) is 4.34. The van der Waals surface area contributed by atoms with E-state index >= 15 is 0 Å². The van der Waals surface area contributed by atoms with E-state index in [2.05, 4.69) is 16.3 Å². The molecule has 10 heavy (non-hydrogen) atoms. The van der Waals surface area contributed by atoms with Crippen molar-refractivity contribution >= 4 is 17.0 Å². The van der Waals surface area contributed by atoms with Crippen LogP contribution in [0.2, 0.25) is 0 Å². The Morgan fingerprint density at radius 2 is 2.00 bits per heavy atom. The quantitative estimate of drug-likeness (QED) is 0.573. The van der Waals surface area contributed by atoms with Crippen molar-refractivity contribution in [1.82, 2.24) is 0 Å². The van der Waals surface area contributed by atoms with Crippen LogP contribution < -0.4 is 0 Å². The molecule has 0 N–H and O–H groups in total. The van der Waals surface area contributed by atoms with Crippen LogP contribution in [0.5, 0.6) is 0 Å². The molecule has 0 spiro atoms. The zero-order chi connectivity index (χ0) is 8.36. The molecule has 1 atom stereocenters. The van der Waals surface area contributed by atoms with Crippen molar-refractivity contribution in [2.24, 2.45) is 0 Å². The maximum atomic E-state index is 11.5. The monoisotopic (exact) mass is 176 g/mol. The van der Waals surface area contributed by atoms with Crippen LogP contribution in [0.3, 0.4) is 0 Å². The van der Waals surface area contributed by atoms with E-state index in [0.29, 0.717) is 6.92 Å². The minimum Gasteiger partial charge on any atom is -0.441 e. The second-order valence-corrected chi connectivity index (χ2v) is 1.85. The summed E-state index contributed by atoms with van der Waals surface area (Å²) in [4.78, 5) is 9.74. The third kappa shape index (κ3) is 3.55. The van der Waals surface area contributed by atoms with Crippen LogP contribution in [0.1, 0.15) is 6.92 Å². The Morgan fingerprint density at radius 1 is 1.60 bits per heavy atom. The normalized spacial score (nSPS) is 14.5. The third-order valence-electron chi connectivity index (χ3n) is 0.730. The summed E-state index contributed by atoms with van der Waals surface area (Å²) in [5, 5.41) is 0. The number of carbonyl (C=O) groups is 1. The van der Waals surface area contributed by atoms with E-state index in [1.54, 1.807) is 0 Å². The number of hydrogen-bond donors (Lipinski definition) is 0. The Kier molecular flexibility index (Phi) is 2.96. The molecule has 0 aliphatic carbocycles. The lowest BCUT2D eigenvalue weighted by atomic mass is 10.4. The van der Waals surface area contributed by atoms with Crippen molar-refractivity contribution in [2.45, 2.75) is 19.2 Å². The molecule has 0 saturated heterocycles. The average Bonchev–Trinajstić information content (AvgIpc) is 1.60. The second kappa shape index (κ2) is 3.09. The summed E-state index contributed by atoms with van der Waals surface area (Å²) in [5.74, 6) is 0. The van der Waals surface area contributed by atoms with Crippen molar-refractivity contribution in [3.05, 3.63) is 0 Å². The van der Waals surface area contributed by atoms with Gasteiger partial charge in [0.25, 0.3) is 0 Å². The summed E-state index contributed by atoms with van der Waals surface area (Å²) in [6, 6.07) is 0. The molecule has 0 heterocycles. The minimum absolute atomic E-state index is 0.695. The standard InChI is InChI=1S/C4H4ClF3O2/c1-2(4(6,7)8)10-3(5)9/h2H,1H3/t2-/m0/s1. The molecular formula is C4H4ClF3O2. The topological polar surface area (TPSA) is 26.3 Å². The van der Waals surface area contributed by atoms with E-state index in [1.807, 2.05) is 0 Å². The highest BCUT2D eigenvalue weighted by molar-refractivity contribution is 6.61. The maximum absolute atomic E-state index is 11.5. The smallest absolute Gasteiger partial charge is 0.425 e. The SMILES string of the molecule is C[C@H](OC(=O)Cl)C(F)(F)F. The van der Waals surface area contributed by atoms with Crippen molar-refractivity contribution in [3.8, 4) is 0 Å². The molecule has 60 valence electrons. The summed E-state index contributed by atoms with van der Waals surface area (Å²) in [6.07, 6.45) is -6.68. The van der Waals surface area contributed by atoms with E-state index < -0.39 is 17.7 Å². The molecule has 0 aliphatic rings. The molecule has 0 saturated carbocycles. The van der Waals surface area contributed by atoms with Crippen molar-refractivity contribution in [1.29, 1.82) is 0 Å². The fourth-order valence-electron chi connectivity index (χ4n) is 0.206. The Bertz CT molecular complexity index is 133. The number of alkyl halides is 3. The summed E-state index contributed by atoms with van der Waals surface area (Å²) >= 11 is 4.52. The van der Waals surface area contributed by atoms with Gasteiger partial charge in [-0.2, -0.15) is 13.2 Å². The second-order valence-electron chi connectivity index (χ2n) is 1.54. The molecule has 0 aromatic rings. The molecule has 0 aromatic heterocycles. The first-order valence-electron chi connectivity index (χ1n) is 2.27. The first-order valence-corrected chi connectivity index (χ1v) is 2.64. The summed E-state index contributed by atoms with van der Waals surface area (Å²) in [7, 11) is 0. The van der Waals surface area contributed by atoms with E-state index in [4.69, 9.17) is 0 Å². The molecule has 0 amide bonds. The molecule has 0 aromatic carbocycles. The average molecular weight is 177 g/mol. The van der Waals surface area contributed by atoms with Gasteiger partial charge in [-0.1, -0.05) is 0 Å². The minimum atomic E-state index is -4.54. The molecule has 0 rings (SSSR count). The molecule has 0 fully saturated rings. The van der Waals surface area contributed by atoms with Crippen LogP contribution in [-0.2, 0) is 4.74 Å². The lowest BCUT2D eigenvalue weighted by Gasteiger charge is -2.13. The van der Waals surface area contributed by atoms with Crippen molar-refractivity contribution in [3.63, 3.8) is 0 Å².